The number of benzene rings is 1. The summed E-state index contributed by atoms with van der Waals surface area (Å²) in [6, 6.07) is 8.48. The zero-order valence-corrected chi connectivity index (χ0v) is 8.80. The van der Waals surface area contributed by atoms with Crippen molar-refractivity contribution in [2.45, 2.75) is 20.8 Å². The molecular weight excluding hydrogens is 158 g/mol. The van der Waals surface area contributed by atoms with Gasteiger partial charge in [0.05, 0.1) is 0 Å². The van der Waals surface area contributed by atoms with Crippen LogP contribution in [0, 0.1) is 13.8 Å². The summed E-state index contributed by atoms with van der Waals surface area (Å²) in [5.74, 6) is 0. The van der Waals surface area contributed by atoms with Crippen LogP contribution in [-0.4, -0.2) is 6.54 Å². The Morgan fingerprint density at radius 2 is 1.38 bits per heavy atom. The summed E-state index contributed by atoms with van der Waals surface area (Å²) in [7, 11) is 0. The summed E-state index contributed by atoms with van der Waals surface area (Å²) >= 11 is 0. The van der Waals surface area contributed by atoms with Crippen molar-refractivity contribution in [3.63, 3.8) is 0 Å². The van der Waals surface area contributed by atoms with Gasteiger partial charge in [0.2, 0.25) is 0 Å². The Morgan fingerprint density at radius 1 is 1.15 bits per heavy atom. The lowest BCUT2D eigenvalue weighted by molar-refractivity contribution is 1.15. The Balaban J connectivity index is 0.000000252. The fraction of sp³-hybridized carbons (Fsp3) is 0.333. The molecule has 1 heteroatoms. The zero-order chi connectivity index (χ0) is 10.3. The van der Waals surface area contributed by atoms with Crippen molar-refractivity contribution in [3.05, 3.63) is 47.5 Å². The van der Waals surface area contributed by atoms with Gasteiger partial charge < -0.3 is 5.73 Å². The normalized spacial score (nSPS) is 8.62. The van der Waals surface area contributed by atoms with E-state index in [4.69, 9.17) is 5.73 Å². The van der Waals surface area contributed by atoms with Crippen molar-refractivity contribution in [3.8, 4) is 0 Å². The molecule has 0 saturated carbocycles. The van der Waals surface area contributed by atoms with Crippen LogP contribution in [0.5, 0.6) is 0 Å². The lowest BCUT2D eigenvalue weighted by Gasteiger charge is -1.90. The molecule has 72 valence electrons. The second-order valence-corrected chi connectivity index (χ2v) is 3.32. The van der Waals surface area contributed by atoms with E-state index in [1.165, 1.54) is 11.1 Å². The fourth-order valence-electron chi connectivity index (χ4n) is 0.637. The van der Waals surface area contributed by atoms with Crippen molar-refractivity contribution in [1.82, 2.24) is 0 Å². The van der Waals surface area contributed by atoms with Crippen molar-refractivity contribution >= 4 is 0 Å². The van der Waals surface area contributed by atoms with Gasteiger partial charge in [0, 0.05) is 6.54 Å². The molecule has 0 bridgehead atoms. The van der Waals surface area contributed by atoms with Gasteiger partial charge in [-0.1, -0.05) is 47.5 Å². The van der Waals surface area contributed by atoms with E-state index in [9.17, 15) is 0 Å². The van der Waals surface area contributed by atoms with E-state index in [1.54, 1.807) is 0 Å². The molecule has 0 radical (unpaired) electrons. The summed E-state index contributed by atoms with van der Waals surface area (Å²) in [5.41, 5.74) is 8.76. The second-order valence-electron chi connectivity index (χ2n) is 3.32. The van der Waals surface area contributed by atoms with Gasteiger partial charge in [-0.15, -0.1) is 0 Å². The smallest absolute Gasteiger partial charge is 0.0131 e. The van der Waals surface area contributed by atoms with E-state index >= 15 is 0 Å². The standard InChI is InChI=1S/C8H10.C4H9N/c1-7-3-5-8(2)6-4-7;1-4(2)3-5/h3-6H,1-2H3;1,3,5H2,2H3. The third-order valence-electron chi connectivity index (χ3n) is 1.57. The Morgan fingerprint density at radius 3 is 1.54 bits per heavy atom. The Hall–Kier alpha value is -1.08. The minimum atomic E-state index is 0.611. The first-order valence-electron chi connectivity index (χ1n) is 4.44. The van der Waals surface area contributed by atoms with Gasteiger partial charge in [-0.25, -0.2) is 0 Å². The first-order chi connectivity index (χ1) is 6.06. The van der Waals surface area contributed by atoms with Crippen LogP contribution in [0.15, 0.2) is 36.4 Å². The Kier molecular flexibility index (Phi) is 5.90. The molecule has 0 atom stereocenters. The Labute approximate surface area is 81.3 Å². The summed E-state index contributed by atoms with van der Waals surface area (Å²) in [4.78, 5) is 0. The predicted octanol–water partition coefficient (Wildman–Crippen LogP) is 2.82. The molecule has 0 aliphatic rings. The fourth-order valence-corrected chi connectivity index (χ4v) is 0.637. The van der Waals surface area contributed by atoms with Gasteiger partial charge in [-0.05, 0) is 20.8 Å². The van der Waals surface area contributed by atoms with E-state index in [2.05, 4.69) is 44.7 Å². The maximum absolute atomic E-state index is 5.07. The molecule has 13 heavy (non-hydrogen) atoms. The second kappa shape index (κ2) is 6.44. The van der Waals surface area contributed by atoms with Gasteiger partial charge in [0.25, 0.3) is 0 Å². The van der Waals surface area contributed by atoms with Gasteiger partial charge >= 0.3 is 0 Å². The van der Waals surface area contributed by atoms with Crippen molar-refractivity contribution in [1.29, 1.82) is 0 Å². The highest BCUT2D eigenvalue weighted by atomic mass is 14.5. The maximum atomic E-state index is 5.07. The monoisotopic (exact) mass is 177 g/mol. The highest BCUT2D eigenvalue weighted by Gasteiger charge is 1.79. The van der Waals surface area contributed by atoms with E-state index in [-0.39, 0.29) is 0 Å². The van der Waals surface area contributed by atoms with E-state index < -0.39 is 0 Å². The molecule has 0 aliphatic carbocycles. The number of rotatable bonds is 1. The van der Waals surface area contributed by atoms with Crippen molar-refractivity contribution < 1.29 is 0 Å². The highest BCUT2D eigenvalue weighted by molar-refractivity contribution is 5.19. The summed E-state index contributed by atoms with van der Waals surface area (Å²) < 4.78 is 0. The van der Waals surface area contributed by atoms with Gasteiger partial charge in [0.1, 0.15) is 0 Å². The summed E-state index contributed by atoms with van der Waals surface area (Å²) in [6.07, 6.45) is 0. The first kappa shape index (κ1) is 11.9. The quantitative estimate of drug-likeness (QED) is 0.656. The molecule has 0 heterocycles. The zero-order valence-electron chi connectivity index (χ0n) is 8.80. The molecule has 0 unspecified atom stereocenters. The molecule has 0 amide bonds. The number of aryl methyl sites for hydroxylation is 2. The van der Waals surface area contributed by atoms with Crippen LogP contribution in [0.2, 0.25) is 0 Å². The highest BCUT2D eigenvalue weighted by Crippen LogP contribution is 1.99. The van der Waals surface area contributed by atoms with Crippen LogP contribution in [0.4, 0.5) is 0 Å². The van der Waals surface area contributed by atoms with E-state index in [0.29, 0.717) is 6.54 Å². The molecule has 0 fully saturated rings. The Bertz CT molecular complexity index is 225. The van der Waals surface area contributed by atoms with Gasteiger partial charge in [-0.3, -0.25) is 0 Å². The van der Waals surface area contributed by atoms with Gasteiger partial charge in [0.15, 0.2) is 0 Å². The maximum Gasteiger partial charge on any atom is 0.0131 e. The molecular formula is C12H19N. The van der Waals surface area contributed by atoms with E-state index in [0.717, 1.165) is 5.57 Å². The SMILES string of the molecule is C=C(C)CN.Cc1ccc(C)cc1. The van der Waals surface area contributed by atoms with E-state index in [1.807, 2.05) is 6.92 Å². The molecule has 2 N–H and O–H groups in total. The third-order valence-corrected chi connectivity index (χ3v) is 1.57. The molecule has 0 saturated heterocycles. The van der Waals surface area contributed by atoms with Crippen LogP contribution in [0.3, 0.4) is 0 Å². The molecule has 0 aliphatic heterocycles. The van der Waals surface area contributed by atoms with Crippen LogP contribution in [0.1, 0.15) is 18.1 Å². The predicted molar refractivity (Wildman–Crippen MR) is 59.8 cm³/mol. The van der Waals surface area contributed by atoms with Crippen molar-refractivity contribution in [2.24, 2.45) is 5.73 Å². The topological polar surface area (TPSA) is 26.0 Å². The lowest BCUT2D eigenvalue weighted by atomic mass is 10.2. The summed E-state index contributed by atoms with van der Waals surface area (Å²) in [5, 5.41) is 0. The first-order valence-corrected chi connectivity index (χ1v) is 4.44. The number of hydrogen-bond donors (Lipinski definition) is 1. The van der Waals surface area contributed by atoms with Crippen LogP contribution < -0.4 is 5.73 Å². The number of hydrogen-bond acceptors (Lipinski definition) is 1. The lowest BCUT2D eigenvalue weighted by Crippen LogP contribution is -1.97. The molecule has 0 aromatic heterocycles. The summed E-state index contributed by atoms with van der Waals surface area (Å²) in [6.45, 7) is 10.3. The van der Waals surface area contributed by atoms with Gasteiger partial charge in [-0.2, -0.15) is 0 Å². The molecule has 1 nitrogen and oxygen atoms in total. The van der Waals surface area contributed by atoms with Crippen LogP contribution >= 0.6 is 0 Å². The minimum absolute atomic E-state index is 0.611. The largest absolute Gasteiger partial charge is 0.327 e. The van der Waals surface area contributed by atoms with Crippen molar-refractivity contribution in [2.75, 3.05) is 6.54 Å². The minimum Gasteiger partial charge on any atom is -0.327 e. The third kappa shape index (κ3) is 7.29. The van der Waals surface area contributed by atoms with Crippen LogP contribution in [-0.2, 0) is 0 Å². The van der Waals surface area contributed by atoms with Crippen LogP contribution in [0.25, 0.3) is 0 Å². The molecule has 1 aromatic carbocycles. The number of nitrogens with two attached hydrogens (primary N) is 1. The average molecular weight is 177 g/mol. The molecule has 0 spiro atoms. The molecule has 1 aromatic rings. The molecule has 1 rings (SSSR count). The average Bonchev–Trinajstić information content (AvgIpc) is 2.11.